The van der Waals surface area contributed by atoms with E-state index < -0.39 is 12.0 Å². The largest absolute Gasteiger partial charge is 0.491 e. The highest BCUT2D eigenvalue weighted by atomic mass is 16.5. The minimum absolute atomic E-state index is 0.140. The molecule has 0 aliphatic heterocycles. The van der Waals surface area contributed by atoms with Gasteiger partial charge in [-0.1, -0.05) is 20.8 Å². The van der Waals surface area contributed by atoms with Crippen LogP contribution in [0.15, 0.2) is 24.3 Å². The quantitative estimate of drug-likeness (QED) is 0.569. The molecule has 24 heavy (non-hydrogen) atoms. The Labute approximate surface area is 143 Å². The lowest BCUT2D eigenvalue weighted by Crippen LogP contribution is -2.35. The second-order valence-electron chi connectivity index (χ2n) is 6.11. The minimum atomic E-state index is -0.621. The van der Waals surface area contributed by atoms with E-state index in [-0.39, 0.29) is 18.3 Å². The van der Waals surface area contributed by atoms with Crippen molar-refractivity contribution in [1.82, 2.24) is 5.32 Å². The van der Waals surface area contributed by atoms with Gasteiger partial charge in [0.1, 0.15) is 24.2 Å². The Morgan fingerprint density at radius 1 is 1.21 bits per heavy atom. The van der Waals surface area contributed by atoms with Crippen LogP contribution in [-0.4, -0.2) is 42.1 Å². The van der Waals surface area contributed by atoms with Gasteiger partial charge in [0, 0.05) is 18.3 Å². The van der Waals surface area contributed by atoms with Crippen molar-refractivity contribution in [3.05, 3.63) is 24.3 Å². The van der Waals surface area contributed by atoms with Crippen molar-refractivity contribution < 1.29 is 19.4 Å². The summed E-state index contributed by atoms with van der Waals surface area (Å²) in [6, 6.07) is 7.15. The molecule has 6 heteroatoms. The first-order chi connectivity index (χ1) is 11.3. The number of nitrogens with one attached hydrogen (secondary N) is 2. The van der Waals surface area contributed by atoms with Gasteiger partial charge in [-0.05, 0) is 37.6 Å². The van der Waals surface area contributed by atoms with Crippen molar-refractivity contribution in [2.45, 2.75) is 46.3 Å². The van der Waals surface area contributed by atoms with E-state index in [1.54, 1.807) is 24.3 Å². The molecule has 1 amide bonds. The number of aliphatic hydroxyl groups is 1. The molecule has 3 N–H and O–H groups in total. The molecule has 6 nitrogen and oxygen atoms in total. The molecular weight excluding hydrogens is 308 g/mol. The summed E-state index contributed by atoms with van der Waals surface area (Å²) in [4.78, 5) is 23.4. The van der Waals surface area contributed by atoms with Crippen LogP contribution in [0.1, 0.15) is 34.1 Å². The van der Waals surface area contributed by atoms with Gasteiger partial charge >= 0.3 is 0 Å². The third-order valence-corrected chi connectivity index (χ3v) is 3.54. The summed E-state index contributed by atoms with van der Waals surface area (Å²) in [5, 5.41) is 15.7. The smallest absolute Gasteiger partial charge is 0.234 e. The monoisotopic (exact) mass is 336 g/mol. The van der Waals surface area contributed by atoms with Gasteiger partial charge in [-0.25, -0.2) is 0 Å². The van der Waals surface area contributed by atoms with Gasteiger partial charge in [0.05, 0.1) is 5.92 Å². The van der Waals surface area contributed by atoms with Gasteiger partial charge in [-0.15, -0.1) is 0 Å². The van der Waals surface area contributed by atoms with Crippen LogP contribution in [0, 0.1) is 5.92 Å². The maximum absolute atomic E-state index is 12.0. The Kier molecular flexibility index (Phi) is 8.43. The zero-order valence-corrected chi connectivity index (χ0v) is 14.8. The summed E-state index contributed by atoms with van der Waals surface area (Å²) < 4.78 is 5.51. The molecule has 0 aliphatic carbocycles. The number of carbonyl (C=O) groups excluding carboxylic acids is 2. The van der Waals surface area contributed by atoms with Crippen LogP contribution >= 0.6 is 0 Å². The van der Waals surface area contributed by atoms with Crippen molar-refractivity contribution >= 4 is 17.4 Å². The summed E-state index contributed by atoms with van der Waals surface area (Å²) >= 11 is 0. The number of Topliss-reactive ketones (excluding diaryl/α,β-unsaturated/α-hetero) is 1. The first-order valence-corrected chi connectivity index (χ1v) is 8.29. The number of hydrogen-bond acceptors (Lipinski definition) is 5. The molecule has 1 aromatic rings. The molecule has 0 heterocycles. The lowest BCUT2D eigenvalue weighted by Gasteiger charge is -2.15. The number of benzene rings is 1. The zero-order valence-electron chi connectivity index (χ0n) is 14.8. The average molecular weight is 336 g/mol. The fraction of sp³-hybridized carbons (Fsp3) is 0.556. The molecule has 2 unspecified atom stereocenters. The molecule has 2 atom stereocenters. The van der Waals surface area contributed by atoms with Crippen LogP contribution in [0.3, 0.4) is 0 Å². The summed E-state index contributed by atoms with van der Waals surface area (Å²) in [5.74, 6) is -0.451. The number of carbonyl (C=O) groups is 2. The van der Waals surface area contributed by atoms with Gasteiger partial charge in [-0.3, -0.25) is 9.59 Å². The molecule has 0 saturated heterocycles. The van der Waals surface area contributed by atoms with E-state index in [1.807, 2.05) is 20.8 Å². The van der Waals surface area contributed by atoms with E-state index in [1.165, 1.54) is 6.92 Å². The number of rotatable bonds is 10. The molecule has 1 rings (SSSR count). The van der Waals surface area contributed by atoms with Gasteiger partial charge in [-0.2, -0.15) is 0 Å². The van der Waals surface area contributed by atoms with Crippen molar-refractivity contribution in [2.75, 3.05) is 18.5 Å². The summed E-state index contributed by atoms with van der Waals surface area (Å²) in [7, 11) is 0. The molecule has 0 saturated carbocycles. The van der Waals surface area contributed by atoms with Crippen molar-refractivity contribution in [1.29, 1.82) is 0 Å². The van der Waals surface area contributed by atoms with E-state index in [4.69, 9.17) is 4.74 Å². The minimum Gasteiger partial charge on any atom is -0.491 e. The predicted molar refractivity (Wildman–Crippen MR) is 94.2 cm³/mol. The molecular formula is C18H28N2O4. The first kappa shape index (κ1) is 20.1. The molecule has 0 spiro atoms. The van der Waals surface area contributed by atoms with Gasteiger partial charge in [0.25, 0.3) is 0 Å². The molecule has 0 fully saturated rings. The zero-order chi connectivity index (χ0) is 18.1. The van der Waals surface area contributed by atoms with Crippen molar-refractivity contribution in [3.8, 4) is 5.75 Å². The predicted octanol–water partition coefficient (Wildman–Crippen LogP) is 1.98. The van der Waals surface area contributed by atoms with E-state index in [2.05, 4.69) is 10.6 Å². The number of ketones is 1. The summed E-state index contributed by atoms with van der Waals surface area (Å²) in [5.41, 5.74) is 0.606. The molecule has 0 aromatic heterocycles. The van der Waals surface area contributed by atoms with E-state index >= 15 is 0 Å². The molecule has 134 valence electrons. The molecule has 0 bridgehead atoms. The molecule has 0 radical (unpaired) electrons. The van der Waals surface area contributed by atoms with Gasteiger partial charge in [0.2, 0.25) is 5.91 Å². The van der Waals surface area contributed by atoms with Crippen LogP contribution in [0.4, 0.5) is 5.69 Å². The lowest BCUT2D eigenvalue weighted by atomic mass is 10.0. The summed E-state index contributed by atoms with van der Waals surface area (Å²) in [6.45, 7) is 7.90. The highest BCUT2D eigenvalue weighted by Crippen LogP contribution is 2.17. The highest BCUT2D eigenvalue weighted by molar-refractivity contribution is 6.06. The van der Waals surface area contributed by atoms with E-state index in [0.29, 0.717) is 30.4 Å². The maximum Gasteiger partial charge on any atom is 0.234 e. The van der Waals surface area contributed by atoms with E-state index in [0.717, 1.165) is 0 Å². The van der Waals surface area contributed by atoms with Crippen LogP contribution in [-0.2, 0) is 9.59 Å². The SMILES string of the molecule is CCC(C(C)=O)C(=O)Nc1ccc(OCC(O)CNC(C)C)cc1. The van der Waals surface area contributed by atoms with Crippen LogP contribution in [0.25, 0.3) is 0 Å². The van der Waals surface area contributed by atoms with Crippen molar-refractivity contribution in [2.24, 2.45) is 5.92 Å². The second kappa shape index (κ2) is 10.1. The Balaban J connectivity index is 2.48. The number of anilines is 1. The standard InChI is InChI=1S/C18H28N2O4/c1-5-17(13(4)21)18(23)20-14-6-8-16(9-7-14)24-11-15(22)10-19-12(2)3/h6-9,12,15,17,19,22H,5,10-11H2,1-4H3,(H,20,23). The molecule has 1 aromatic carbocycles. The van der Waals surface area contributed by atoms with Gasteiger partial charge in [0.15, 0.2) is 0 Å². The number of ether oxygens (including phenoxy) is 1. The van der Waals surface area contributed by atoms with Crippen molar-refractivity contribution in [3.63, 3.8) is 0 Å². The Bertz CT molecular complexity index is 528. The fourth-order valence-corrected chi connectivity index (χ4v) is 2.14. The topological polar surface area (TPSA) is 87.7 Å². The Hall–Kier alpha value is -1.92. The summed E-state index contributed by atoms with van der Waals surface area (Å²) in [6.07, 6.45) is -0.113. The Morgan fingerprint density at radius 2 is 1.83 bits per heavy atom. The van der Waals surface area contributed by atoms with E-state index in [9.17, 15) is 14.7 Å². The number of hydrogen-bond donors (Lipinski definition) is 3. The van der Waals surface area contributed by atoms with Crippen LogP contribution in [0.2, 0.25) is 0 Å². The van der Waals surface area contributed by atoms with Crippen LogP contribution < -0.4 is 15.4 Å². The molecule has 0 aliphatic rings. The van der Waals surface area contributed by atoms with Gasteiger partial charge < -0.3 is 20.5 Å². The maximum atomic E-state index is 12.0. The third-order valence-electron chi connectivity index (χ3n) is 3.54. The lowest BCUT2D eigenvalue weighted by molar-refractivity contribution is -0.129. The Morgan fingerprint density at radius 3 is 2.33 bits per heavy atom. The number of amides is 1. The highest BCUT2D eigenvalue weighted by Gasteiger charge is 2.21. The van der Waals surface area contributed by atoms with Crippen LogP contribution in [0.5, 0.6) is 5.75 Å². The number of aliphatic hydroxyl groups excluding tert-OH is 1. The normalized spacial score (nSPS) is 13.4. The third kappa shape index (κ3) is 7.10. The second-order valence-corrected chi connectivity index (χ2v) is 6.11. The fourth-order valence-electron chi connectivity index (χ4n) is 2.14. The first-order valence-electron chi connectivity index (χ1n) is 8.29. The average Bonchev–Trinajstić information content (AvgIpc) is 2.52.